The average molecular weight is 290 g/mol. The van der Waals surface area contributed by atoms with Crippen LogP contribution >= 0.6 is 11.6 Å². The maximum absolute atomic E-state index is 6.31. The van der Waals surface area contributed by atoms with E-state index in [4.69, 9.17) is 22.1 Å². The van der Waals surface area contributed by atoms with Crippen LogP contribution in [0.5, 0.6) is 5.75 Å². The van der Waals surface area contributed by atoms with Crippen molar-refractivity contribution in [1.29, 1.82) is 0 Å². The monoisotopic (exact) mass is 289 g/mol. The molecular weight excluding hydrogens is 270 g/mol. The lowest BCUT2D eigenvalue weighted by molar-refractivity contribution is 0.404. The molecule has 0 saturated carbocycles. The third kappa shape index (κ3) is 3.75. The van der Waals surface area contributed by atoms with Crippen LogP contribution < -0.4 is 10.5 Å². The van der Waals surface area contributed by atoms with E-state index >= 15 is 0 Å². The summed E-state index contributed by atoms with van der Waals surface area (Å²) in [5.74, 6) is 0.860. The second kappa shape index (κ2) is 6.78. The molecule has 3 heteroatoms. The van der Waals surface area contributed by atoms with Gasteiger partial charge in [0.25, 0.3) is 0 Å². The Labute approximate surface area is 125 Å². The SMILES string of the molecule is COc1ccc(C)cc1C(N)CCc1ccc(Cl)cc1. The first-order valence-corrected chi connectivity index (χ1v) is 7.12. The quantitative estimate of drug-likeness (QED) is 0.891. The van der Waals surface area contributed by atoms with Crippen molar-refractivity contribution in [3.8, 4) is 5.75 Å². The topological polar surface area (TPSA) is 35.2 Å². The van der Waals surface area contributed by atoms with Gasteiger partial charge in [0.2, 0.25) is 0 Å². The second-order valence-corrected chi connectivity index (χ2v) is 5.45. The second-order valence-electron chi connectivity index (χ2n) is 5.02. The molecule has 20 heavy (non-hydrogen) atoms. The molecule has 2 aromatic carbocycles. The number of hydrogen-bond acceptors (Lipinski definition) is 2. The number of benzene rings is 2. The molecule has 0 spiro atoms. The summed E-state index contributed by atoms with van der Waals surface area (Å²) in [6, 6.07) is 14.0. The molecule has 0 heterocycles. The van der Waals surface area contributed by atoms with E-state index in [0.29, 0.717) is 0 Å². The molecule has 2 N–H and O–H groups in total. The summed E-state index contributed by atoms with van der Waals surface area (Å²) in [5.41, 5.74) is 9.83. The Kier molecular flexibility index (Phi) is 5.05. The smallest absolute Gasteiger partial charge is 0.123 e. The summed E-state index contributed by atoms with van der Waals surface area (Å²) in [4.78, 5) is 0. The van der Waals surface area contributed by atoms with E-state index in [0.717, 1.165) is 29.2 Å². The van der Waals surface area contributed by atoms with Crippen LogP contribution in [0, 0.1) is 6.92 Å². The lowest BCUT2D eigenvalue weighted by atomic mass is 9.97. The summed E-state index contributed by atoms with van der Waals surface area (Å²) in [5, 5.41) is 0.762. The zero-order valence-corrected chi connectivity index (χ0v) is 12.7. The fraction of sp³-hybridized carbons (Fsp3) is 0.294. The minimum Gasteiger partial charge on any atom is -0.496 e. The predicted molar refractivity (Wildman–Crippen MR) is 84.4 cm³/mol. The van der Waals surface area contributed by atoms with Crippen LogP contribution in [0.2, 0.25) is 5.02 Å². The van der Waals surface area contributed by atoms with Crippen molar-refractivity contribution in [3.05, 3.63) is 64.2 Å². The molecule has 1 atom stereocenters. The van der Waals surface area contributed by atoms with E-state index in [2.05, 4.69) is 13.0 Å². The molecule has 0 aliphatic carbocycles. The molecule has 0 aromatic heterocycles. The number of hydrogen-bond donors (Lipinski definition) is 1. The Bertz CT molecular complexity index is 566. The Hall–Kier alpha value is -1.51. The molecule has 2 aromatic rings. The highest BCUT2D eigenvalue weighted by molar-refractivity contribution is 6.30. The molecule has 0 amide bonds. The number of aryl methyl sites for hydroxylation is 2. The molecule has 0 fully saturated rings. The van der Waals surface area contributed by atoms with Gasteiger partial charge in [0, 0.05) is 16.6 Å². The maximum Gasteiger partial charge on any atom is 0.123 e. The average Bonchev–Trinajstić information content (AvgIpc) is 2.46. The van der Waals surface area contributed by atoms with Gasteiger partial charge in [-0.15, -0.1) is 0 Å². The largest absolute Gasteiger partial charge is 0.496 e. The minimum atomic E-state index is -0.0273. The van der Waals surface area contributed by atoms with E-state index < -0.39 is 0 Å². The molecule has 106 valence electrons. The molecular formula is C17H20ClNO. The highest BCUT2D eigenvalue weighted by Gasteiger charge is 2.12. The first-order valence-electron chi connectivity index (χ1n) is 6.74. The van der Waals surface area contributed by atoms with E-state index in [1.165, 1.54) is 11.1 Å². The minimum absolute atomic E-state index is 0.0273. The number of halogens is 1. The first kappa shape index (κ1) is 14.9. The number of rotatable bonds is 5. The summed E-state index contributed by atoms with van der Waals surface area (Å²) in [6.07, 6.45) is 1.80. The van der Waals surface area contributed by atoms with Crippen molar-refractivity contribution in [3.63, 3.8) is 0 Å². The predicted octanol–water partition coefficient (Wildman–Crippen LogP) is 4.29. The van der Waals surface area contributed by atoms with Crippen molar-refractivity contribution >= 4 is 11.6 Å². The van der Waals surface area contributed by atoms with Crippen LogP contribution in [0.4, 0.5) is 0 Å². The number of methoxy groups -OCH3 is 1. The fourth-order valence-electron chi connectivity index (χ4n) is 2.27. The van der Waals surface area contributed by atoms with Crippen molar-refractivity contribution in [2.24, 2.45) is 5.73 Å². The zero-order valence-electron chi connectivity index (χ0n) is 11.9. The Morgan fingerprint density at radius 3 is 2.50 bits per heavy atom. The summed E-state index contributed by atoms with van der Waals surface area (Å²) >= 11 is 5.89. The lowest BCUT2D eigenvalue weighted by Gasteiger charge is -2.16. The van der Waals surface area contributed by atoms with E-state index in [9.17, 15) is 0 Å². The van der Waals surface area contributed by atoms with Crippen molar-refractivity contribution in [2.75, 3.05) is 7.11 Å². The number of nitrogens with two attached hydrogens (primary N) is 1. The van der Waals surface area contributed by atoms with Gasteiger partial charge in [-0.3, -0.25) is 0 Å². The van der Waals surface area contributed by atoms with Gasteiger partial charge in [0.1, 0.15) is 5.75 Å². The first-order chi connectivity index (χ1) is 9.60. The molecule has 2 nitrogen and oxygen atoms in total. The van der Waals surface area contributed by atoms with E-state index in [1.807, 2.05) is 36.4 Å². The summed E-state index contributed by atoms with van der Waals surface area (Å²) in [6.45, 7) is 2.06. The molecule has 0 bridgehead atoms. The van der Waals surface area contributed by atoms with Crippen LogP contribution in [0.1, 0.15) is 29.2 Å². The van der Waals surface area contributed by atoms with Gasteiger partial charge >= 0.3 is 0 Å². The Balaban J connectivity index is 2.06. The standard InChI is InChI=1S/C17H20ClNO/c1-12-3-10-17(20-2)15(11-12)16(19)9-6-13-4-7-14(18)8-5-13/h3-5,7-8,10-11,16H,6,9,19H2,1-2H3. The Morgan fingerprint density at radius 2 is 1.85 bits per heavy atom. The van der Waals surface area contributed by atoms with E-state index in [-0.39, 0.29) is 6.04 Å². The summed E-state index contributed by atoms with van der Waals surface area (Å²) < 4.78 is 5.39. The molecule has 2 rings (SSSR count). The van der Waals surface area contributed by atoms with Gasteiger partial charge in [-0.05, 0) is 43.5 Å². The maximum atomic E-state index is 6.31. The van der Waals surface area contributed by atoms with Gasteiger partial charge in [-0.25, -0.2) is 0 Å². The molecule has 1 unspecified atom stereocenters. The van der Waals surface area contributed by atoms with Crippen LogP contribution in [0.25, 0.3) is 0 Å². The third-order valence-corrected chi connectivity index (χ3v) is 3.69. The van der Waals surface area contributed by atoms with Crippen LogP contribution in [0.3, 0.4) is 0 Å². The van der Waals surface area contributed by atoms with Gasteiger partial charge < -0.3 is 10.5 Å². The fourth-order valence-corrected chi connectivity index (χ4v) is 2.40. The van der Waals surface area contributed by atoms with Gasteiger partial charge in [0.05, 0.1) is 7.11 Å². The normalized spacial score (nSPS) is 12.2. The van der Waals surface area contributed by atoms with E-state index in [1.54, 1.807) is 7.11 Å². The van der Waals surface area contributed by atoms with Crippen LogP contribution in [-0.2, 0) is 6.42 Å². The third-order valence-electron chi connectivity index (χ3n) is 3.44. The van der Waals surface area contributed by atoms with Gasteiger partial charge in [-0.2, -0.15) is 0 Å². The summed E-state index contributed by atoms with van der Waals surface area (Å²) in [7, 11) is 1.68. The van der Waals surface area contributed by atoms with Gasteiger partial charge in [0.15, 0.2) is 0 Å². The van der Waals surface area contributed by atoms with Crippen molar-refractivity contribution in [2.45, 2.75) is 25.8 Å². The highest BCUT2D eigenvalue weighted by Crippen LogP contribution is 2.27. The number of ether oxygens (including phenoxy) is 1. The van der Waals surface area contributed by atoms with Crippen molar-refractivity contribution < 1.29 is 4.74 Å². The van der Waals surface area contributed by atoms with Crippen molar-refractivity contribution in [1.82, 2.24) is 0 Å². The highest BCUT2D eigenvalue weighted by atomic mass is 35.5. The molecule has 0 radical (unpaired) electrons. The Morgan fingerprint density at radius 1 is 1.15 bits per heavy atom. The van der Waals surface area contributed by atoms with Crippen LogP contribution in [0.15, 0.2) is 42.5 Å². The molecule has 0 aliphatic rings. The lowest BCUT2D eigenvalue weighted by Crippen LogP contribution is -2.13. The molecule has 0 aliphatic heterocycles. The molecule has 0 saturated heterocycles. The van der Waals surface area contributed by atoms with Gasteiger partial charge in [-0.1, -0.05) is 41.4 Å². The van der Waals surface area contributed by atoms with Crippen LogP contribution in [-0.4, -0.2) is 7.11 Å². The zero-order chi connectivity index (χ0) is 14.5.